The zero-order chi connectivity index (χ0) is 15.9. The van der Waals surface area contributed by atoms with Gasteiger partial charge in [-0.25, -0.2) is 0 Å². The van der Waals surface area contributed by atoms with Gasteiger partial charge in [0, 0.05) is 0 Å². The van der Waals surface area contributed by atoms with Crippen molar-refractivity contribution in [3.05, 3.63) is 42.2 Å². The SMILES string of the molecule is Cc1cccc(OCC(=O)NC(Cn2nccn2)C(C)C)c1. The lowest BCUT2D eigenvalue weighted by atomic mass is 10.0. The van der Waals surface area contributed by atoms with Crippen LogP contribution < -0.4 is 10.1 Å². The van der Waals surface area contributed by atoms with Crippen molar-refractivity contribution in [1.29, 1.82) is 0 Å². The molecule has 1 atom stereocenters. The van der Waals surface area contributed by atoms with E-state index in [2.05, 4.69) is 29.4 Å². The molecule has 0 bridgehead atoms. The summed E-state index contributed by atoms with van der Waals surface area (Å²) < 4.78 is 5.51. The number of carbonyl (C=O) groups is 1. The third-order valence-corrected chi connectivity index (χ3v) is 3.34. The van der Waals surface area contributed by atoms with Crippen LogP contribution in [0.5, 0.6) is 5.75 Å². The molecule has 1 unspecified atom stereocenters. The second-order valence-electron chi connectivity index (χ2n) is 5.61. The summed E-state index contributed by atoms with van der Waals surface area (Å²) in [6.45, 7) is 6.63. The third kappa shape index (κ3) is 4.87. The summed E-state index contributed by atoms with van der Waals surface area (Å²) in [4.78, 5) is 13.6. The molecule has 0 fully saturated rings. The molecule has 2 rings (SSSR count). The molecule has 1 N–H and O–H groups in total. The molecular formula is C16H22N4O2. The molecule has 118 valence electrons. The van der Waals surface area contributed by atoms with Crippen molar-refractivity contribution in [3.8, 4) is 5.75 Å². The predicted molar refractivity (Wildman–Crippen MR) is 83.5 cm³/mol. The van der Waals surface area contributed by atoms with Gasteiger partial charge in [0.25, 0.3) is 5.91 Å². The van der Waals surface area contributed by atoms with Crippen LogP contribution >= 0.6 is 0 Å². The zero-order valence-corrected chi connectivity index (χ0v) is 13.2. The molecule has 0 spiro atoms. The highest BCUT2D eigenvalue weighted by molar-refractivity contribution is 5.77. The minimum absolute atomic E-state index is 0.000785. The van der Waals surface area contributed by atoms with Gasteiger partial charge in [-0.05, 0) is 30.5 Å². The second-order valence-corrected chi connectivity index (χ2v) is 5.61. The number of carbonyl (C=O) groups excluding carboxylic acids is 1. The predicted octanol–water partition coefficient (Wildman–Crippen LogP) is 1.81. The highest BCUT2D eigenvalue weighted by atomic mass is 16.5. The number of amides is 1. The summed E-state index contributed by atoms with van der Waals surface area (Å²) in [5.74, 6) is 0.825. The van der Waals surface area contributed by atoms with Gasteiger partial charge in [0.1, 0.15) is 5.75 Å². The van der Waals surface area contributed by atoms with E-state index in [4.69, 9.17) is 4.74 Å². The fourth-order valence-electron chi connectivity index (χ4n) is 2.04. The topological polar surface area (TPSA) is 69.0 Å². The Morgan fingerprint density at radius 1 is 1.32 bits per heavy atom. The fraction of sp³-hybridized carbons (Fsp3) is 0.438. The molecule has 1 amide bonds. The first-order chi connectivity index (χ1) is 10.5. The van der Waals surface area contributed by atoms with Crippen molar-refractivity contribution >= 4 is 5.91 Å². The van der Waals surface area contributed by atoms with Gasteiger partial charge in [0.2, 0.25) is 0 Å². The Bertz CT molecular complexity index is 596. The lowest BCUT2D eigenvalue weighted by Crippen LogP contribution is -2.44. The first kappa shape index (κ1) is 16.0. The first-order valence-electron chi connectivity index (χ1n) is 7.37. The zero-order valence-electron chi connectivity index (χ0n) is 13.2. The minimum Gasteiger partial charge on any atom is -0.484 e. The summed E-state index contributed by atoms with van der Waals surface area (Å²) in [7, 11) is 0. The Hall–Kier alpha value is -2.37. The average molecular weight is 302 g/mol. The Morgan fingerprint density at radius 2 is 2.05 bits per heavy atom. The van der Waals surface area contributed by atoms with Crippen molar-refractivity contribution in [2.24, 2.45) is 5.92 Å². The number of nitrogens with one attached hydrogen (secondary N) is 1. The first-order valence-corrected chi connectivity index (χ1v) is 7.37. The fourth-order valence-corrected chi connectivity index (χ4v) is 2.04. The Balaban J connectivity index is 1.85. The number of benzene rings is 1. The van der Waals surface area contributed by atoms with Crippen LogP contribution in [-0.4, -0.2) is 33.5 Å². The molecule has 22 heavy (non-hydrogen) atoms. The Morgan fingerprint density at radius 3 is 2.68 bits per heavy atom. The van der Waals surface area contributed by atoms with E-state index in [-0.39, 0.29) is 24.5 Å². The molecule has 0 saturated carbocycles. The van der Waals surface area contributed by atoms with Gasteiger partial charge in [-0.1, -0.05) is 26.0 Å². The van der Waals surface area contributed by atoms with Gasteiger partial charge in [-0.15, -0.1) is 0 Å². The normalized spacial score (nSPS) is 12.2. The lowest BCUT2D eigenvalue weighted by molar-refractivity contribution is -0.124. The number of aromatic nitrogens is 3. The van der Waals surface area contributed by atoms with E-state index in [1.54, 1.807) is 17.2 Å². The molecule has 6 nitrogen and oxygen atoms in total. The number of aryl methyl sites for hydroxylation is 1. The molecule has 0 aliphatic carbocycles. The summed E-state index contributed by atoms with van der Waals surface area (Å²) in [6, 6.07) is 7.59. The van der Waals surface area contributed by atoms with Gasteiger partial charge < -0.3 is 10.1 Å². The summed E-state index contributed by atoms with van der Waals surface area (Å²) >= 11 is 0. The maximum atomic E-state index is 12.1. The van der Waals surface area contributed by atoms with Crippen LogP contribution in [0.15, 0.2) is 36.7 Å². The van der Waals surface area contributed by atoms with Crippen molar-refractivity contribution in [2.75, 3.05) is 6.61 Å². The molecule has 0 aliphatic rings. The molecule has 6 heteroatoms. The van der Waals surface area contributed by atoms with Crippen LogP contribution in [0, 0.1) is 12.8 Å². The molecule has 1 aromatic heterocycles. The van der Waals surface area contributed by atoms with E-state index >= 15 is 0 Å². The van der Waals surface area contributed by atoms with Crippen LogP contribution in [0.3, 0.4) is 0 Å². The van der Waals surface area contributed by atoms with E-state index in [1.165, 1.54) is 0 Å². The minimum atomic E-state index is -0.146. The van der Waals surface area contributed by atoms with Gasteiger partial charge in [0.15, 0.2) is 6.61 Å². The number of rotatable bonds is 7. The monoisotopic (exact) mass is 302 g/mol. The van der Waals surface area contributed by atoms with Crippen molar-refractivity contribution in [3.63, 3.8) is 0 Å². The van der Waals surface area contributed by atoms with E-state index < -0.39 is 0 Å². The van der Waals surface area contributed by atoms with E-state index in [0.29, 0.717) is 12.3 Å². The standard InChI is InChI=1S/C16H22N4O2/c1-12(2)15(10-20-17-7-8-18-20)19-16(21)11-22-14-6-4-5-13(3)9-14/h4-9,12,15H,10-11H2,1-3H3,(H,19,21). The van der Waals surface area contributed by atoms with E-state index in [9.17, 15) is 4.79 Å². The Labute approximate surface area is 130 Å². The second kappa shape index (κ2) is 7.59. The van der Waals surface area contributed by atoms with Crippen LogP contribution in [0.4, 0.5) is 0 Å². The number of hydrogen-bond donors (Lipinski definition) is 1. The smallest absolute Gasteiger partial charge is 0.258 e. The van der Waals surface area contributed by atoms with Gasteiger partial charge in [0.05, 0.1) is 25.0 Å². The van der Waals surface area contributed by atoms with Crippen LogP contribution in [0.2, 0.25) is 0 Å². The quantitative estimate of drug-likeness (QED) is 0.847. The number of hydrogen-bond acceptors (Lipinski definition) is 4. The Kier molecular flexibility index (Phi) is 5.52. The molecule has 0 aliphatic heterocycles. The number of ether oxygens (including phenoxy) is 1. The van der Waals surface area contributed by atoms with Gasteiger partial charge in [-0.3, -0.25) is 4.79 Å². The van der Waals surface area contributed by atoms with Crippen molar-refractivity contribution in [1.82, 2.24) is 20.3 Å². The molecule has 0 radical (unpaired) electrons. The van der Waals surface area contributed by atoms with Crippen molar-refractivity contribution < 1.29 is 9.53 Å². The highest BCUT2D eigenvalue weighted by Crippen LogP contribution is 2.12. The maximum absolute atomic E-state index is 12.1. The van der Waals surface area contributed by atoms with Gasteiger partial charge in [-0.2, -0.15) is 15.0 Å². The molecule has 0 saturated heterocycles. The van der Waals surface area contributed by atoms with Gasteiger partial charge >= 0.3 is 0 Å². The van der Waals surface area contributed by atoms with E-state index in [1.807, 2.05) is 31.2 Å². The summed E-state index contributed by atoms with van der Waals surface area (Å²) in [5.41, 5.74) is 1.10. The highest BCUT2D eigenvalue weighted by Gasteiger charge is 2.17. The molecule has 1 heterocycles. The van der Waals surface area contributed by atoms with Crippen LogP contribution in [0.25, 0.3) is 0 Å². The maximum Gasteiger partial charge on any atom is 0.258 e. The largest absolute Gasteiger partial charge is 0.484 e. The summed E-state index contributed by atoms with van der Waals surface area (Å²) in [5, 5.41) is 11.1. The summed E-state index contributed by atoms with van der Waals surface area (Å²) in [6.07, 6.45) is 3.25. The molecular weight excluding hydrogens is 280 g/mol. The van der Waals surface area contributed by atoms with Crippen molar-refractivity contribution in [2.45, 2.75) is 33.4 Å². The molecule has 2 aromatic rings. The van der Waals surface area contributed by atoms with Crippen LogP contribution in [0.1, 0.15) is 19.4 Å². The average Bonchev–Trinajstić information content (AvgIpc) is 2.97. The molecule has 1 aromatic carbocycles. The third-order valence-electron chi connectivity index (χ3n) is 3.34. The van der Waals surface area contributed by atoms with Crippen LogP contribution in [-0.2, 0) is 11.3 Å². The number of nitrogens with zero attached hydrogens (tertiary/aromatic N) is 3. The lowest BCUT2D eigenvalue weighted by Gasteiger charge is -2.21. The van der Waals surface area contributed by atoms with E-state index in [0.717, 1.165) is 5.56 Å².